The number of carboxylic acid groups (broad SMARTS) is 2. The van der Waals surface area contributed by atoms with Crippen molar-refractivity contribution >= 4 is 87.6 Å². The van der Waals surface area contributed by atoms with E-state index in [4.69, 9.17) is 9.47 Å². The van der Waals surface area contributed by atoms with Gasteiger partial charge in [-0.3, -0.25) is 9.59 Å². The molecular formula is C17H8Br4O8. The molecule has 0 heterocycles. The van der Waals surface area contributed by atoms with Crippen molar-refractivity contribution in [1.82, 2.24) is 0 Å². The van der Waals surface area contributed by atoms with Gasteiger partial charge in [0, 0.05) is 8.95 Å². The topological polar surface area (TPSA) is 127 Å². The minimum atomic E-state index is -1.35. The molecule has 0 spiro atoms. The summed E-state index contributed by atoms with van der Waals surface area (Å²) in [4.78, 5) is 46.9. The Morgan fingerprint density at radius 1 is 0.690 bits per heavy atom. The number of carbonyl (C=O) groups excluding carboxylic acids is 2. The summed E-state index contributed by atoms with van der Waals surface area (Å²) in [6.45, 7) is 0. The highest BCUT2D eigenvalue weighted by molar-refractivity contribution is 9.11. The first-order chi connectivity index (χ1) is 13.5. The third-order valence-electron chi connectivity index (χ3n) is 3.20. The lowest BCUT2D eigenvalue weighted by Crippen LogP contribution is -2.20. The Balaban J connectivity index is 2.19. The van der Waals surface area contributed by atoms with E-state index in [0.717, 1.165) is 0 Å². The fraction of sp³-hybridized carbons (Fsp3) is 0.0588. The number of hydrogen-bond acceptors (Lipinski definition) is 6. The average molecular weight is 660 g/mol. The van der Waals surface area contributed by atoms with Crippen molar-refractivity contribution in [3.63, 3.8) is 0 Å². The smallest absolute Gasteiger partial charge is 0.339 e. The number of carboxylic acids is 2. The molecule has 0 fully saturated rings. The summed E-state index contributed by atoms with van der Waals surface area (Å²) in [6, 6.07) is 5.38. The highest BCUT2D eigenvalue weighted by Gasteiger charge is 2.24. The van der Waals surface area contributed by atoms with Crippen molar-refractivity contribution in [1.29, 1.82) is 0 Å². The maximum Gasteiger partial charge on any atom is 0.339 e. The molecule has 0 bridgehead atoms. The van der Waals surface area contributed by atoms with Gasteiger partial charge >= 0.3 is 23.9 Å². The molecule has 0 aliphatic carbocycles. The molecule has 2 rings (SSSR count). The number of benzene rings is 2. The standard InChI is InChI=1S/C17H8Br4O8/c18-6-1-8(16(24)25)14(10(20)3-6)28-12(22)5-13(23)29-15-9(17(26)27)2-7(19)4-11(15)21/h1-4H,5H2,(H,24,25)(H,26,27). The molecule has 2 aromatic carbocycles. The van der Waals surface area contributed by atoms with Crippen LogP contribution < -0.4 is 9.47 Å². The molecular weight excluding hydrogens is 652 g/mol. The second-order valence-electron chi connectivity index (χ2n) is 5.26. The van der Waals surface area contributed by atoms with Gasteiger partial charge in [0.05, 0.1) is 8.95 Å². The molecule has 8 nitrogen and oxygen atoms in total. The number of esters is 2. The van der Waals surface area contributed by atoms with Crippen molar-refractivity contribution < 1.29 is 38.9 Å². The number of carbonyl (C=O) groups is 4. The van der Waals surface area contributed by atoms with Crippen LogP contribution in [0.5, 0.6) is 11.5 Å². The molecule has 0 aromatic heterocycles. The quantitative estimate of drug-likeness (QED) is 0.251. The first kappa shape index (κ1) is 23.5. The minimum Gasteiger partial charge on any atom is -0.478 e. The average Bonchev–Trinajstić information content (AvgIpc) is 2.58. The molecule has 0 aliphatic rings. The number of ether oxygens (including phenoxy) is 2. The molecule has 152 valence electrons. The SMILES string of the molecule is O=C(CC(=O)Oc1c(Br)cc(Br)cc1C(=O)O)Oc1c(Br)cc(Br)cc1C(=O)O. The first-order valence-electron chi connectivity index (χ1n) is 7.35. The summed E-state index contributed by atoms with van der Waals surface area (Å²) >= 11 is 12.4. The summed E-state index contributed by atoms with van der Waals surface area (Å²) in [7, 11) is 0. The van der Waals surface area contributed by atoms with Crippen LogP contribution in [0.15, 0.2) is 42.2 Å². The maximum atomic E-state index is 12.1. The van der Waals surface area contributed by atoms with Gasteiger partial charge in [0.25, 0.3) is 0 Å². The second-order valence-corrected chi connectivity index (χ2v) is 8.80. The van der Waals surface area contributed by atoms with Crippen LogP contribution in [-0.2, 0) is 9.59 Å². The Morgan fingerprint density at radius 2 is 1.03 bits per heavy atom. The number of aromatic carboxylic acids is 2. The monoisotopic (exact) mass is 656 g/mol. The third-order valence-corrected chi connectivity index (χ3v) is 5.29. The molecule has 2 N–H and O–H groups in total. The second kappa shape index (κ2) is 9.83. The Labute approximate surface area is 196 Å². The molecule has 12 heteroatoms. The van der Waals surface area contributed by atoms with Crippen LogP contribution in [0.25, 0.3) is 0 Å². The van der Waals surface area contributed by atoms with Gasteiger partial charge in [-0.05, 0) is 56.1 Å². The molecule has 0 saturated heterocycles. The van der Waals surface area contributed by atoms with E-state index in [1.54, 1.807) is 0 Å². The van der Waals surface area contributed by atoms with Crippen LogP contribution in [0.1, 0.15) is 27.1 Å². The highest BCUT2D eigenvalue weighted by atomic mass is 79.9. The van der Waals surface area contributed by atoms with Gasteiger partial charge in [-0.25, -0.2) is 9.59 Å². The van der Waals surface area contributed by atoms with E-state index in [0.29, 0.717) is 8.95 Å². The lowest BCUT2D eigenvalue weighted by molar-refractivity contribution is -0.144. The van der Waals surface area contributed by atoms with Gasteiger partial charge in [-0.15, -0.1) is 0 Å². The predicted molar refractivity (Wildman–Crippen MR) is 113 cm³/mol. The normalized spacial score (nSPS) is 10.3. The number of halogens is 4. The van der Waals surface area contributed by atoms with Crippen LogP contribution in [0.3, 0.4) is 0 Å². The van der Waals surface area contributed by atoms with E-state index in [1.807, 2.05) is 0 Å². The summed E-state index contributed by atoms with van der Waals surface area (Å²) < 4.78 is 11.2. The number of rotatable bonds is 6. The molecule has 2 aromatic rings. The summed E-state index contributed by atoms with van der Waals surface area (Å²) in [6.07, 6.45) is -0.886. The van der Waals surface area contributed by atoms with Crippen LogP contribution in [0.4, 0.5) is 0 Å². The van der Waals surface area contributed by atoms with Crippen LogP contribution in [-0.4, -0.2) is 34.1 Å². The fourth-order valence-electron chi connectivity index (χ4n) is 2.06. The lowest BCUT2D eigenvalue weighted by atomic mass is 10.2. The summed E-state index contributed by atoms with van der Waals surface area (Å²) in [5.41, 5.74) is -0.617. The van der Waals surface area contributed by atoms with Crippen molar-refractivity contribution in [2.45, 2.75) is 6.42 Å². The van der Waals surface area contributed by atoms with E-state index in [1.165, 1.54) is 24.3 Å². The summed E-state index contributed by atoms with van der Waals surface area (Å²) in [5.74, 6) is -5.44. The van der Waals surface area contributed by atoms with Gasteiger partial charge in [0.2, 0.25) is 0 Å². The lowest BCUT2D eigenvalue weighted by Gasteiger charge is -2.12. The van der Waals surface area contributed by atoms with Crippen LogP contribution in [0.2, 0.25) is 0 Å². The zero-order valence-corrected chi connectivity index (χ0v) is 20.2. The van der Waals surface area contributed by atoms with Crippen molar-refractivity contribution in [2.75, 3.05) is 0 Å². The summed E-state index contributed by atoms with van der Waals surface area (Å²) in [5, 5.41) is 18.5. The predicted octanol–water partition coefficient (Wildman–Crippen LogP) is 5.03. The highest BCUT2D eigenvalue weighted by Crippen LogP contribution is 2.34. The fourth-order valence-corrected chi connectivity index (χ4v) is 4.68. The minimum absolute atomic E-state index is 0.176. The molecule has 29 heavy (non-hydrogen) atoms. The van der Waals surface area contributed by atoms with Gasteiger partial charge in [0.15, 0.2) is 11.5 Å². The van der Waals surface area contributed by atoms with Crippen LogP contribution >= 0.6 is 63.7 Å². The first-order valence-corrected chi connectivity index (χ1v) is 10.5. The number of hydrogen-bond donors (Lipinski definition) is 2. The Hall–Kier alpha value is -1.76. The van der Waals surface area contributed by atoms with Crippen molar-refractivity contribution in [3.05, 3.63) is 53.3 Å². The molecule has 0 radical (unpaired) electrons. The molecule has 0 saturated carbocycles. The van der Waals surface area contributed by atoms with Gasteiger partial charge in [-0.2, -0.15) is 0 Å². The molecule has 0 amide bonds. The van der Waals surface area contributed by atoms with Crippen LogP contribution in [0, 0.1) is 0 Å². The van der Waals surface area contributed by atoms with Gasteiger partial charge in [-0.1, -0.05) is 31.9 Å². The van der Waals surface area contributed by atoms with E-state index in [2.05, 4.69) is 63.7 Å². The van der Waals surface area contributed by atoms with Gasteiger partial charge < -0.3 is 19.7 Å². The largest absolute Gasteiger partial charge is 0.478 e. The van der Waals surface area contributed by atoms with Gasteiger partial charge in [0.1, 0.15) is 17.5 Å². The van der Waals surface area contributed by atoms with Crippen molar-refractivity contribution in [3.8, 4) is 11.5 Å². The van der Waals surface area contributed by atoms with Crippen molar-refractivity contribution in [2.24, 2.45) is 0 Å². The maximum absolute atomic E-state index is 12.1. The molecule has 0 atom stereocenters. The Kier molecular flexibility index (Phi) is 7.97. The van der Waals surface area contributed by atoms with E-state index in [9.17, 15) is 29.4 Å². The molecule has 0 aliphatic heterocycles. The third kappa shape index (κ3) is 6.11. The zero-order valence-electron chi connectivity index (χ0n) is 13.9. The molecule has 0 unspecified atom stereocenters. The Morgan fingerprint density at radius 3 is 1.34 bits per heavy atom. The van der Waals surface area contributed by atoms with E-state index >= 15 is 0 Å². The van der Waals surface area contributed by atoms with E-state index in [-0.39, 0.29) is 31.6 Å². The van der Waals surface area contributed by atoms with E-state index < -0.39 is 30.3 Å². The zero-order chi connectivity index (χ0) is 21.9. The Bertz CT molecular complexity index is 953.